The second kappa shape index (κ2) is 11.4. The summed E-state index contributed by atoms with van der Waals surface area (Å²) in [4.78, 5) is 19.4. The van der Waals surface area contributed by atoms with Gasteiger partial charge in [0.1, 0.15) is 5.75 Å². The maximum absolute atomic E-state index is 14.7. The Morgan fingerprint density at radius 2 is 1.62 bits per heavy atom. The highest BCUT2D eigenvalue weighted by Gasteiger charge is 2.74. The van der Waals surface area contributed by atoms with Gasteiger partial charge in [-0.25, -0.2) is 0 Å². The van der Waals surface area contributed by atoms with Crippen LogP contribution in [0.15, 0.2) is 72.3 Å². The van der Waals surface area contributed by atoms with Crippen LogP contribution in [-0.2, 0) is 6.18 Å². The standard InChI is InChI=1S/C41H49F3N2O4/c1-36-14-11-29(47)24-38(36)17-18-40(30(25-38)35(48)27-7-6-8-28(23-27)41(42,43)44)33(36)12-15-37(2)34(40)13-16-39(37,49)26-45-19-21-46(22-20-45)31-9-4-5-10-32(31)50-3/h4-10,17-18,23,25,29,33-34,47,49H,11-16,19-22,24,26H2,1-3H3/t29?,33-,34-,36-,37+,38+,39-,40-/m1/s1. The average Bonchev–Trinajstić information content (AvgIpc) is 3.37. The van der Waals surface area contributed by atoms with Gasteiger partial charge in [-0.15, -0.1) is 0 Å². The number of ketones is 1. The number of hydrogen-bond donors (Lipinski definition) is 2. The minimum Gasteiger partial charge on any atom is -0.495 e. The molecule has 1 saturated heterocycles. The minimum atomic E-state index is -4.56. The first kappa shape index (κ1) is 34.0. The molecule has 50 heavy (non-hydrogen) atoms. The van der Waals surface area contributed by atoms with Gasteiger partial charge in [-0.1, -0.05) is 56.3 Å². The zero-order valence-electron chi connectivity index (χ0n) is 29.3. The average molecular weight is 691 g/mol. The highest BCUT2D eigenvalue weighted by Crippen LogP contribution is 2.78. The fourth-order valence-electron chi connectivity index (χ4n) is 12.0. The summed E-state index contributed by atoms with van der Waals surface area (Å²) in [6.45, 7) is 8.30. The number of fused-ring (bicyclic) bond motifs is 1. The quantitative estimate of drug-likeness (QED) is 0.245. The number of benzene rings is 2. The fraction of sp³-hybridized carbons (Fsp3) is 0.585. The minimum absolute atomic E-state index is 0.0445. The number of carbonyl (C=O) groups is 1. The van der Waals surface area contributed by atoms with E-state index >= 15 is 0 Å². The van der Waals surface area contributed by atoms with Crippen LogP contribution in [0.25, 0.3) is 0 Å². The first-order valence-corrected chi connectivity index (χ1v) is 18.4. The Labute approximate surface area is 293 Å². The van der Waals surface area contributed by atoms with E-state index in [9.17, 15) is 28.2 Å². The molecule has 1 aliphatic heterocycles. The molecule has 0 aromatic heterocycles. The van der Waals surface area contributed by atoms with Crippen molar-refractivity contribution in [2.75, 3.05) is 44.7 Å². The number of piperazine rings is 1. The Kier molecular flexibility index (Phi) is 7.77. The van der Waals surface area contributed by atoms with E-state index in [-0.39, 0.29) is 28.6 Å². The number of rotatable bonds is 6. The van der Waals surface area contributed by atoms with Crippen molar-refractivity contribution in [1.82, 2.24) is 4.90 Å². The summed E-state index contributed by atoms with van der Waals surface area (Å²) in [7, 11) is 1.69. The Bertz CT molecular complexity index is 1750. The highest BCUT2D eigenvalue weighted by molar-refractivity contribution is 6.10. The van der Waals surface area contributed by atoms with Crippen LogP contribution in [0.3, 0.4) is 0 Å². The molecular weight excluding hydrogens is 641 g/mol. The van der Waals surface area contributed by atoms with E-state index in [2.05, 4.69) is 47.9 Å². The molecule has 6 nitrogen and oxygen atoms in total. The van der Waals surface area contributed by atoms with Crippen molar-refractivity contribution in [3.05, 3.63) is 83.5 Å². The van der Waals surface area contributed by atoms with Gasteiger partial charge < -0.3 is 19.8 Å². The normalized spacial score (nSPS) is 39.4. The monoisotopic (exact) mass is 690 g/mol. The lowest BCUT2D eigenvalue weighted by Gasteiger charge is -2.71. The van der Waals surface area contributed by atoms with E-state index in [1.165, 1.54) is 12.1 Å². The molecule has 6 aliphatic carbocycles. The Morgan fingerprint density at radius 3 is 2.36 bits per heavy atom. The lowest BCUT2D eigenvalue weighted by Crippen LogP contribution is -2.67. The summed E-state index contributed by atoms with van der Waals surface area (Å²) in [5, 5.41) is 23.8. The zero-order valence-corrected chi connectivity index (χ0v) is 29.3. The number of carbonyl (C=O) groups excluding carboxylic acids is 1. The first-order chi connectivity index (χ1) is 23.7. The number of anilines is 1. The number of Topliss-reactive ketones (excluding diaryl/α,β-unsaturated/α-hetero) is 1. The molecule has 2 bridgehead atoms. The number of nitrogens with zero attached hydrogens (tertiary/aromatic N) is 2. The van der Waals surface area contributed by atoms with Crippen molar-refractivity contribution in [2.24, 2.45) is 33.5 Å². The SMILES string of the molecule is COc1ccccc1N1CCN(C[C@]2(O)CC[C@H]3[C@]45C=C[C@@]6(C=C4C(=O)c4cccc(C(F)(F)F)c4)CC(O)CC[C@]6(C)[C@H]5CC[C@@]32C)CC1. The highest BCUT2D eigenvalue weighted by atomic mass is 19.4. The number of methoxy groups -OCH3 is 1. The van der Waals surface area contributed by atoms with E-state index in [1.807, 2.05) is 18.2 Å². The van der Waals surface area contributed by atoms with Gasteiger partial charge in [0, 0.05) is 60.1 Å². The lowest BCUT2D eigenvalue weighted by atomic mass is 9.32. The van der Waals surface area contributed by atoms with Crippen molar-refractivity contribution < 1.29 is 32.9 Å². The van der Waals surface area contributed by atoms with Gasteiger partial charge in [0.15, 0.2) is 5.78 Å². The van der Waals surface area contributed by atoms with Gasteiger partial charge >= 0.3 is 6.18 Å². The van der Waals surface area contributed by atoms with Crippen LogP contribution in [0.5, 0.6) is 5.75 Å². The number of aliphatic hydroxyl groups excluding tert-OH is 1. The number of para-hydroxylation sites is 2. The number of halogens is 3. The van der Waals surface area contributed by atoms with Crippen molar-refractivity contribution in [2.45, 2.75) is 76.7 Å². The number of aliphatic hydroxyl groups is 2. The van der Waals surface area contributed by atoms with Gasteiger partial charge in [-0.3, -0.25) is 9.69 Å². The van der Waals surface area contributed by atoms with Crippen LogP contribution < -0.4 is 9.64 Å². The summed E-state index contributed by atoms with van der Waals surface area (Å²) in [6, 6.07) is 12.9. The van der Waals surface area contributed by atoms with E-state index < -0.39 is 39.7 Å². The van der Waals surface area contributed by atoms with E-state index in [0.29, 0.717) is 31.4 Å². The van der Waals surface area contributed by atoms with Crippen LogP contribution in [0.4, 0.5) is 18.9 Å². The first-order valence-electron chi connectivity index (χ1n) is 18.4. The van der Waals surface area contributed by atoms with Crippen LogP contribution >= 0.6 is 0 Å². The number of alkyl halides is 3. The molecule has 4 fully saturated rings. The van der Waals surface area contributed by atoms with Gasteiger partial charge in [0.25, 0.3) is 0 Å². The number of β-amino-alcohol motifs (C(OH)–C–C–N with tert-alkyl or cyclic N) is 1. The van der Waals surface area contributed by atoms with Crippen molar-refractivity contribution in [1.29, 1.82) is 0 Å². The molecule has 7 aliphatic rings. The topological polar surface area (TPSA) is 73.2 Å². The van der Waals surface area contributed by atoms with Crippen molar-refractivity contribution in [3.8, 4) is 5.75 Å². The summed E-state index contributed by atoms with van der Waals surface area (Å²) in [5.41, 5.74) is -2.12. The molecule has 268 valence electrons. The van der Waals surface area contributed by atoms with Crippen LogP contribution in [0.1, 0.15) is 74.7 Å². The largest absolute Gasteiger partial charge is 0.495 e. The maximum Gasteiger partial charge on any atom is 0.416 e. The zero-order chi connectivity index (χ0) is 35.3. The summed E-state index contributed by atoms with van der Waals surface area (Å²) in [5.74, 6) is 0.502. The maximum atomic E-state index is 14.7. The van der Waals surface area contributed by atoms with Crippen LogP contribution in [0, 0.1) is 33.5 Å². The summed E-state index contributed by atoms with van der Waals surface area (Å²) in [6.07, 6.45) is 6.41. The molecule has 0 amide bonds. The molecule has 0 radical (unpaired) electrons. The molecule has 2 aromatic carbocycles. The third-order valence-electron chi connectivity index (χ3n) is 14.7. The van der Waals surface area contributed by atoms with Gasteiger partial charge in [-0.2, -0.15) is 13.2 Å². The Morgan fingerprint density at radius 1 is 0.920 bits per heavy atom. The van der Waals surface area contributed by atoms with Crippen molar-refractivity contribution in [3.63, 3.8) is 0 Å². The lowest BCUT2D eigenvalue weighted by molar-refractivity contribution is -0.176. The molecule has 8 atom stereocenters. The van der Waals surface area contributed by atoms with Gasteiger partial charge in [-0.05, 0) is 86.5 Å². The predicted molar refractivity (Wildman–Crippen MR) is 186 cm³/mol. The Balaban J connectivity index is 1.14. The molecule has 3 saturated carbocycles. The number of hydrogen-bond acceptors (Lipinski definition) is 6. The second-order valence-electron chi connectivity index (χ2n) is 16.7. The van der Waals surface area contributed by atoms with E-state index in [1.54, 1.807) is 7.11 Å². The molecule has 9 heteroatoms. The van der Waals surface area contributed by atoms with Gasteiger partial charge in [0.05, 0.1) is 30.1 Å². The van der Waals surface area contributed by atoms with E-state index in [4.69, 9.17) is 4.74 Å². The smallest absolute Gasteiger partial charge is 0.416 e. The van der Waals surface area contributed by atoms with Crippen LogP contribution in [0.2, 0.25) is 0 Å². The molecule has 1 heterocycles. The molecule has 1 unspecified atom stereocenters. The molecule has 2 aromatic rings. The van der Waals surface area contributed by atoms with Crippen LogP contribution in [-0.4, -0.2) is 72.4 Å². The predicted octanol–water partition coefficient (Wildman–Crippen LogP) is 7.31. The number of ether oxygens (including phenoxy) is 1. The van der Waals surface area contributed by atoms with Gasteiger partial charge in [0.2, 0.25) is 0 Å². The summed E-state index contributed by atoms with van der Waals surface area (Å²) < 4.78 is 47.2. The molecule has 9 rings (SSSR count). The third kappa shape index (κ3) is 4.68. The van der Waals surface area contributed by atoms with E-state index in [0.717, 1.165) is 75.4 Å². The molecular formula is C41H49F3N2O4. The van der Waals surface area contributed by atoms with Crippen molar-refractivity contribution >= 4 is 11.5 Å². The summed E-state index contributed by atoms with van der Waals surface area (Å²) >= 11 is 0. The third-order valence-corrected chi connectivity index (χ3v) is 14.7. The second-order valence-corrected chi connectivity index (χ2v) is 16.7. The molecule has 2 spiro atoms. The fourth-order valence-corrected chi connectivity index (χ4v) is 12.0. The Hall–Kier alpha value is -3.14. The molecule has 2 N–H and O–H groups in total. The number of allylic oxidation sites excluding steroid dienone is 4.